The van der Waals surface area contributed by atoms with Crippen LogP contribution < -0.4 is 14.8 Å². The standard InChI is InChI=1S/C18H25N3O5/c1-2-24-18(23)21-9-7-20(8-10-21)17(22)19-6-5-14-3-4-15-16(13-14)26-12-11-25-15/h3-4,13H,2,5-12H2,1H3,(H,19,22). The van der Waals surface area contributed by atoms with E-state index >= 15 is 0 Å². The topological polar surface area (TPSA) is 80.3 Å². The highest BCUT2D eigenvalue weighted by atomic mass is 16.6. The molecule has 3 rings (SSSR count). The van der Waals surface area contributed by atoms with Crippen molar-refractivity contribution in [1.82, 2.24) is 15.1 Å². The summed E-state index contributed by atoms with van der Waals surface area (Å²) in [6, 6.07) is 5.74. The molecular formula is C18H25N3O5. The van der Waals surface area contributed by atoms with Crippen LogP contribution >= 0.6 is 0 Å². The second kappa shape index (κ2) is 8.64. The molecule has 0 saturated carbocycles. The first kappa shape index (κ1) is 18.2. The summed E-state index contributed by atoms with van der Waals surface area (Å²) in [4.78, 5) is 27.3. The summed E-state index contributed by atoms with van der Waals surface area (Å²) in [5.41, 5.74) is 1.08. The van der Waals surface area contributed by atoms with Gasteiger partial charge in [0.1, 0.15) is 13.2 Å². The van der Waals surface area contributed by atoms with E-state index in [-0.39, 0.29) is 12.1 Å². The minimum absolute atomic E-state index is 0.106. The molecule has 1 aromatic carbocycles. The second-order valence-electron chi connectivity index (χ2n) is 6.13. The first-order chi connectivity index (χ1) is 12.7. The molecule has 0 atom stereocenters. The van der Waals surface area contributed by atoms with Gasteiger partial charge >= 0.3 is 12.1 Å². The molecule has 8 nitrogen and oxygen atoms in total. The Morgan fingerprint density at radius 3 is 2.50 bits per heavy atom. The highest BCUT2D eigenvalue weighted by Gasteiger charge is 2.24. The lowest BCUT2D eigenvalue weighted by Gasteiger charge is -2.34. The Balaban J connectivity index is 1.40. The minimum Gasteiger partial charge on any atom is -0.486 e. The summed E-state index contributed by atoms with van der Waals surface area (Å²) in [5.74, 6) is 1.53. The third-order valence-corrected chi connectivity index (χ3v) is 4.39. The molecule has 8 heteroatoms. The summed E-state index contributed by atoms with van der Waals surface area (Å²) in [6.45, 7) is 5.82. The second-order valence-corrected chi connectivity index (χ2v) is 6.13. The Hall–Kier alpha value is -2.64. The van der Waals surface area contributed by atoms with E-state index in [1.165, 1.54) is 0 Å². The molecule has 1 aromatic rings. The number of urea groups is 1. The van der Waals surface area contributed by atoms with Gasteiger partial charge in [0, 0.05) is 32.7 Å². The van der Waals surface area contributed by atoms with Crippen LogP contribution in [0.15, 0.2) is 18.2 Å². The monoisotopic (exact) mass is 363 g/mol. The molecule has 1 fully saturated rings. The maximum Gasteiger partial charge on any atom is 0.409 e. The fourth-order valence-electron chi connectivity index (χ4n) is 2.98. The highest BCUT2D eigenvalue weighted by molar-refractivity contribution is 5.75. The van der Waals surface area contributed by atoms with Crippen molar-refractivity contribution in [2.24, 2.45) is 0 Å². The van der Waals surface area contributed by atoms with Gasteiger partial charge < -0.3 is 29.3 Å². The minimum atomic E-state index is -0.314. The molecule has 2 aliphatic rings. The van der Waals surface area contributed by atoms with E-state index in [0.29, 0.717) is 59.0 Å². The van der Waals surface area contributed by atoms with Gasteiger partial charge in [-0.1, -0.05) is 6.07 Å². The molecule has 0 aliphatic carbocycles. The summed E-state index contributed by atoms with van der Waals surface area (Å²) >= 11 is 0. The lowest BCUT2D eigenvalue weighted by molar-refractivity contribution is 0.0852. The Kier molecular flexibility index (Phi) is 6.04. The van der Waals surface area contributed by atoms with Crippen molar-refractivity contribution < 1.29 is 23.8 Å². The molecular weight excluding hydrogens is 338 g/mol. The van der Waals surface area contributed by atoms with Gasteiger partial charge in [-0.05, 0) is 31.0 Å². The third-order valence-electron chi connectivity index (χ3n) is 4.39. The highest BCUT2D eigenvalue weighted by Crippen LogP contribution is 2.30. The zero-order chi connectivity index (χ0) is 18.4. The van der Waals surface area contributed by atoms with Gasteiger partial charge in [0.05, 0.1) is 6.61 Å². The van der Waals surface area contributed by atoms with Crippen LogP contribution in [-0.2, 0) is 11.2 Å². The number of benzene rings is 1. The van der Waals surface area contributed by atoms with E-state index < -0.39 is 0 Å². The first-order valence-corrected chi connectivity index (χ1v) is 9.00. The summed E-state index contributed by atoms with van der Waals surface area (Å²) in [6.07, 6.45) is 0.400. The smallest absolute Gasteiger partial charge is 0.409 e. The number of piperazine rings is 1. The van der Waals surface area contributed by atoms with Gasteiger partial charge in [0.15, 0.2) is 11.5 Å². The summed E-state index contributed by atoms with van der Waals surface area (Å²) < 4.78 is 16.1. The molecule has 2 aliphatic heterocycles. The molecule has 142 valence electrons. The number of amides is 3. The average Bonchev–Trinajstić information content (AvgIpc) is 2.68. The molecule has 0 bridgehead atoms. The number of carbonyl (C=O) groups excluding carboxylic acids is 2. The SMILES string of the molecule is CCOC(=O)N1CCN(C(=O)NCCc2ccc3c(c2)OCCO3)CC1. The van der Waals surface area contributed by atoms with Gasteiger partial charge in [-0.15, -0.1) is 0 Å². The number of nitrogens with zero attached hydrogens (tertiary/aromatic N) is 2. The molecule has 2 heterocycles. The maximum absolute atomic E-state index is 12.3. The van der Waals surface area contributed by atoms with Crippen LogP contribution in [0.4, 0.5) is 9.59 Å². The van der Waals surface area contributed by atoms with E-state index in [1.54, 1.807) is 16.7 Å². The van der Waals surface area contributed by atoms with Crippen molar-refractivity contribution in [3.63, 3.8) is 0 Å². The van der Waals surface area contributed by atoms with Crippen molar-refractivity contribution in [2.45, 2.75) is 13.3 Å². The van der Waals surface area contributed by atoms with E-state index in [0.717, 1.165) is 17.1 Å². The van der Waals surface area contributed by atoms with Crippen molar-refractivity contribution in [1.29, 1.82) is 0 Å². The maximum atomic E-state index is 12.3. The van der Waals surface area contributed by atoms with Crippen molar-refractivity contribution >= 4 is 12.1 Å². The molecule has 0 spiro atoms. The normalized spacial score (nSPS) is 16.2. The molecule has 0 unspecified atom stereocenters. The predicted molar refractivity (Wildman–Crippen MR) is 94.7 cm³/mol. The third kappa shape index (κ3) is 4.50. The summed E-state index contributed by atoms with van der Waals surface area (Å²) in [7, 11) is 0. The van der Waals surface area contributed by atoms with E-state index in [1.807, 2.05) is 18.2 Å². The van der Waals surface area contributed by atoms with Gasteiger partial charge in [0.2, 0.25) is 0 Å². The van der Waals surface area contributed by atoms with Crippen LogP contribution in [0.1, 0.15) is 12.5 Å². The zero-order valence-electron chi connectivity index (χ0n) is 15.0. The molecule has 0 radical (unpaired) electrons. The van der Waals surface area contributed by atoms with Crippen molar-refractivity contribution in [3.05, 3.63) is 23.8 Å². The average molecular weight is 363 g/mol. The predicted octanol–water partition coefficient (Wildman–Crippen LogP) is 1.48. The molecule has 1 saturated heterocycles. The van der Waals surface area contributed by atoms with Crippen LogP contribution in [0.3, 0.4) is 0 Å². The van der Waals surface area contributed by atoms with Crippen LogP contribution in [0.2, 0.25) is 0 Å². The van der Waals surface area contributed by atoms with E-state index in [4.69, 9.17) is 14.2 Å². The Morgan fingerprint density at radius 1 is 1.08 bits per heavy atom. The largest absolute Gasteiger partial charge is 0.486 e. The first-order valence-electron chi connectivity index (χ1n) is 9.00. The van der Waals surface area contributed by atoms with Crippen molar-refractivity contribution in [3.8, 4) is 11.5 Å². The number of fused-ring (bicyclic) bond motifs is 1. The molecule has 0 aromatic heterocycles. The van der Waals surface area contributed by atoms with Gasteiger partial charge in [-0.2, -0.15) is 0 Å². The fourth-order valence-corrected chi connectivity index (χ4v) is 2.98. The lowest BCUT2D eigenvalue weighted by atomic mass is 10.1. The van der Waals surface area contributed by atoms with E-state index in [9.17, 15) is 9.59 Å². The fraction of sp³-hybridized carbons (Fsp3) is 0.556. The Bertz CT molecular complexity index is 644. The van der Waals surface area contributed by atoms with Gasteiger partial charge in [-0.25, -0.2) is 9.59 Å². The Labute approximate surface area is 153 Å². The molecule has 3 amide bonds. The number of rotatable bonds is 4. The number of nitrogens with one attached hydrogen (secondary N) is 1. The molecule has 1 N–H and O–H groups in total. The van der Waals surface area contributed by atoms with Crippen LogP contribution in [0.5, 0.6) is 11.5 Å². The lowest BCUT2D eigenvalue weighted by Crippen LogP contribution is -2.53. The van der Waals surface area contributed by atoms with Gasteiger partial charge in [-0.3, -0.25) is 0 Å². The number of hydrogen-bond acceptors (Lipinski definition) is 5. The Morgan fingerprint density at radius 2 is 1.77 bits per heavy atom. The number of hydrogen-bond donors (Lipinski definition) is 1. The van der Waals surface area contributed by atoms with Crippen LogP contribution in [-0.4, -0.2) is 74.5 Å². The van der Waals surface area contributed by atoms with Crippen LogP contribution in [0, 0.1) is 0 Å². The quantitative estimate of drug-likeness (QED) is 0.877. The number of carbonyl (C=O) groups is 2. The van der Waals surface area contributed by atoms with E-state index in [2.05, 4.69) is 5.32 Å². The van der Waals surface area contributed by atoms with Crippen molar-refractivity contribution in [2.75, 3.05) is 52.5 Å². The zero-order valence-corrected chi connectivity index (χ0v) is 15.0. The summed E-state index contributed by atoms with van der Waals surface area (Å²) in [5, 5.41) is 2.93. The van der Waals surface area contributed by atoms with Gasteiger partial charge in [0.25, 0.3) is 0 Å². The number of ether oxygens (including phenoxy) is 3. The van der Waals surface area contributed by atoms with Crippen LogP contribution in [0.25, 0.3) is 0 Å². The molecule has 26 heavy (non-hydrogen) atoms.